The lowest BCUT2D eigenvalue weighted by atomic mass is 9.69. The fourth-order valence-corrected chi connectivity index (χ4v) is 3.75. The minimum atomic E-state index is 0.0696. The first kappa shape index (κ1) is 13.4. The van der Waals surface area contributed by atoms with Gasteiger partial charge in [0.15, 0.2) is 0 Å². The van der Waals surface area contributed by atoms with E-state index in [9.17, 15) is 4.79 Å². The van der Waals surface area contributed by atoms with E-state index in [0.717, 1.165) is 12.8 Å². The van der Waals surface area contributed by atoms with Crippen molar-refractivity contribution >= 4 is 5.91 Å². The van der Waals surface area contributed by atoms with Crippen molar-refractivity contribution in [2.45, 2.75) is 59.8 Å². The third-order valence-electron chi connectivity index (χ3n) is 4.73. The summed E-state index contributed by atoms with van der Waals surface area (Å²) < 4.78 is 0. The van der Waals surface area contributed by atoms with Gasteiger partial charge in [0.1, 0.15) is 0 Å². The van der Waals surface area contributed by atoms with Crippen LogP contribution in [0.5, 0.6) is 0 Å². The molecule has 2 aliphatic rings. The first-order valence-electron chi connectivity index (χ1n) is 7.25. The van der Waals surface area contributed by atoms with Crippen molar-refractivity contribution < 1.29 is 4.79 Å². The molecule has 1 amide bonds. The van der Waals surface area contributed by atoms with Crippen molar-refractivity contribution in [2.75, 3.05) is 0 Å². The summed E-state index contributed by atoms with van der Waals surface area (Å²) >= 11 is 0. The topological polar surface area (TPSA) is 29.1 Å². The molecule has 0 aromatic rings. The number of carbonyl (C=O) groups excluding carboxylic acids is 1. The van der Waals surface area contributed by atoms with E-state index >= 15 is 0 Å². The maximum absolute atomic E-state index is 11.5. The summed E-state index contributed by atoms with van der Waals surface area (Å²) in [5, 5.41) is 3.16. The SMILES string of the molecule is CCC1=CC2CCC[C@]2(C)C(NC(C)=O)=C1CC. The maximum atomic E-state index is 11.5. The van der Waals surface area contributed by atoms with Gasteiger partial charge in [-0.3, -0.25) is 4.79 Å². The minimum absolute atomic E-state index is 0.0696. The molecule has 0 aromatic heterocycles. The van der Waals surface area contributed by atoms with Gasteiger partial charge in [0.2, 0.25) is 5.91 Å². The highest BCUT2D eigenvalue weighted by molar-refractivity contribution is 5.76. The predicted octanol–water partition coefficient (Wildman–Crippen LogP) is 3.94. The van der Waals surface area contributed by atoms with Crippen LogP contribution in [0.1, 0.15) is 59.8 Å². The Kier molecular flexibility index (Phi) is 3.65. The van der Waals surface area contributed by atoms with Crippen LogP contribution in [0.2, 0.25) is 0 Å². The van der Waals surface area contributed by atoms with Gasteiger partial charge in [-0.15, -0.1) is 0 Å². The van der Waals surface area contributed by atoms with Crippen molar-refractivity contribution in [3.8, 4) is 0 Å². The molecule has 2 nitrogen and oxygen atoms in total. The molecular formula is C16H25NO. The molecule has 2 atom stereocenters. The van der Waals surface area contributed by atoms with Crippen molar-refractivity contribution in [2.24, 2.45) is 11.3 Å². The van der Waals surface area contributed by atoms with E-state index < -0.39 is 0 Å². The first-order chi connectivity index (χ1) is 8.52. The van der Waals surface area contributed by atoms with E-state index in [1.54, 1.807) is 6.92 Å². The standard InChI is InChI=1S/C16H25NO/c1-5-12-10-13-8-7-9-16(13,4)15(14(12)6-2)17-11(3)18/h10,13H,5-9H2,1-4H3,(H,17,18)/t13?,16-/m0/s1. The number of hydrogen-bond donors (Lipinski definition) is 1. The van der Waals surface area contributed by atoms with Crippen molar-refractivity contribution in [3.63, 3.8) is 0 Å². The van der Waals surface area contributed by atoms with Gasteiger partial charge in [-0.05, 0) is 42.7 Å². The van der Waals surface area contributed by atoms with Gasteiger partial charge in [0.25, 0.3) is 0 Å². The summed E-state index contributed by atoms with van der Waals surface area (Å²) in [6, 6.07) is 0. The van der Waals surface area contributed by atoms with E-state index in [1.807, 2.05) is 0 Å². The fourth-order valence-electron chi connectivity index (χ4n) is 3.75. The molecule has 2 heteroatoms. The van der Waals surface area contributed by atoms with E-state index in [2.05, 4.69) is 32.2 Å². The molecule has 0 spiro atoms. The Labute approximate surface area is 111 Å². The van der Waals surface area contributed by atoms with E-state index in [-0.39, 0.29) is 11.3 Å². The summed E-state index contributed by atoms with van der Waals surface area (Å²) in [5.74, 6) is 0.685. The Morgan fingerprint density at radius 2 is 2.17 bits per heavy atom. The molecule has 0 saturated heterocycles. The van der Waals surface area contributed by atoms with Crippen LogP contribution in [0.4, 0.5) is 0 Å². The number of nitrogens with one attached hydrogen (secondary N) is 1. The Balaban J connectivity index is 2.50. The number of rotatable bonds is 3. The van der Waals surface area contributed by atoms with Gasteiger partial charge in [-0.25, -0.2) is 0 Å². The predicted molar refractivity (Wildman–Crippen MR) is 75.0 cm³/mol. The summed E-state index contributed by atoms with van der Waals surface area (Å²) in [6.45, 7) is 8.36. The molecule has 1 N–H and O–H groups in total. The summed E-state index contributed by atoms with van der Waals surface area (Å²) in [4.78, 5) is 11.5. The Morgan fingerprint density at radius 1 is 1.44 bits per heavy atom. The normalized spacial score (nSPS) is 31.1. The molecule has 18 heavy (non-hydrogen) atoms. The second kappa shape index (κ2) is 4.91. The van der Waals surface area contributed by atoms with Gasteiger partial charge < -0.3 is 5.32 Å². The van der Waals surface area contributed by atoms with Crippen LogP contribution in [0, 0.1) is 11.3 Å². The van der Waals surface area contributed by atoms with Crippen LogP contribution < -0.4 is 5.32 Å². The van der Waals surface area contributed by atoms with Crippen molar-refractivity contribution in [1.29, 1.82) is 0 Å². The third-order valence-corrected chi connectivity index (χ3v) is 4.73. The molecule has 1 saturated carbocycles. The molecule has 0 heterocycles. The smallest absolute Gasteiger partial charge is 0.221 e. The first-order valence-corrected chi connectivity index (χ1v) is 7.25. The molecule has 1 fully saturated rings. The average molecular weight is 247 g/mol. The molecule has 100 valence electrons. The van der Waals surface area contributed by atoms with Crippen LogP contribution in [0.15, 0.2) is 22.9 Å². The van der Waals surface area contributed by atoms with Gasteiger partial charge in [0.05, 0.1) is 0 Å². The highest BCUT2D eigenvalue weighted by Crippen LogP contribution is 2.53. The fraction of sp³-hybridized carbons (Fsp3) is 0.688. The van der Waals surface area contributed by atoms with Crippen molar-refractivity contribution in [3.05, 3.63) is 22.9 Å². The van der Waals surface area contributed by atoms with Crippen LogP contribution >= 0.6 is 0 Å². The second-order valence-corrected chi connectivity index (χ2v) is 5.85. The number of hydrogen-bond acceptors (Lipinski definition) is 1. The molecule has 0 aromatic carbocycles. The minimum Gasteiger partial charge on any atom is -0.329 e. The largest absolute Gasteiger partial charge is 0.329 e. The molecular weight excluding hydrogens is 222 g/mol. The Bertz CT molecular complexity index is 419. The Hall–Kier alpha value is -1.05. The second-order valence-electron chi connectivity index (χ2n) is 5.85. The lowest BCUT2D eigenvalue weighted by molar-refractivity contribution is -0.118. The van der Waals surface area contributed by atoms with E-state index in [0.29, 0.717) is 5.92 Å². The summed E-state index contributed by atoms with van der Waals surface area (Å²) in [5.41, 5.74) is 4.22. The van der Waals surface area contributed by atoms with Crippen LogP contribution in [0.25, 0.3) is 0 Å². The molecule has 2 rings (SSSR count). The van der Waals surface area contributed by atoms with Gasteiger partial charge in [0, 0.05) is 18.0 Å². The quantitative estimate of drug-likeness (QED) is 0.804. The molecule has 0 bridgehead atoms. The van der Waals surface area contributed by atoms with Crippen LogP contribution in [-0.4, -0.2) is 5.91 Å². The number of amides is 1. The lowest BCUT2D eigenvalue weighted by Crippen LogP contribution is -2.37. The zero-order valence-corrected chi connectivity index (χ0v) is 12.1. The van der Waals surface area contributed by atoms with E-state index in [4.69, 9.17) is 0 Å². The highest BCUT2D eigenvalue weighted by Gasteiger charge is 2.44. The van der Waals surface area contributed by atoms with E-state index in [1.165, 1.54) is 36.1 Å². The van der Waals surface area contributed by atoms with Gasteiger partial charge >= 0.3 is 0 Å². The lowest BCUT2D eigenvalue weighted by Gasteiger charge is -2.39. The molecule has 0 radical (unpaired) electrons. The van der Waals surface area contributed by atoms with Crippen LogP contribution in [0.3, 0.4) is 0 Å². The molecule has 2 aliphatic carbocycles. The summed E-state index contributed by atoms with van der Waals surface area (Å²) in [7, 11) is 0. The van der Waals surface area contributed by atoms with Crippen molar-refractivity contribution in [1.82, 2.24) is 5.32 Å². The zero-order valence-electron chi connectivity index (χ0n) is 12.1. The zero-order chi connectivity index (χ0) is 13.3. The van der Waals surface area contributed by atoms with Crippen LogP contribution in [-0.2, 0) is 4.79 Å². The number of allylic oxidation sites excluding steroid dienone is 4. The monoisotopic (exact) mass is 247 g/mol. The third kappa shape index (κ3) is 2.02. The average Bonchev–Trinajstić information content (AvgIpc) is 2.70. The summed E-state index contributed by atoms with van der Waals surface area (Å²) in [6.07, 6.45) is 8.30. The van der Waals surface area contributed by atoms with Gasteiger partial charge in [-0.1, -0.05) is 33.3 Å². The maximum Gasteiger partial charge on any atom is 0.221 e. The Morgan fingerprint density at radius 3 is 2.72 bits per heavy atom. The molecule has 1 unspecified atom stereocenters. The highest BCUT2D eigenvalue weighted by atomic mass is 16.1. The number of fused-ring (bicyclic) bond motifs is 1. The molecule has 0 aliphatic heterocycles. The van der Waals surface area contributed by atoms with Gasteiger partial charge in [-0.2, -0.15) is 0 Å². The number of carbonyl (C=O) groups is 1.